The minimum Gasteiger partial charge on any atom is -0.380 e. The van der Waals surface area contributed by atoms with Gasteiger partial charge in [0.25, 0.3) is 5.91 Å². The summed E-state index contributed by atoms with van der Waals surface area (Å²) < 4.78 is 5.05. The largest absolute Gasteiger partial charge is 0.380 e. The van der Waals surface area contributed by atoms with Crippen LogP contribution in [-0.2, 0) is 11.3 Å². The van der Waals surface area contributed by atoms with Gasteiger partial charge in [-0.3, -0.25) is 4.79 Å². The van der Waals surface area contributed by atoms with Crippen LogP contribution in [0.2, 0.25) is 0 Å². The van der Waals surface area contributed by atoms with Crippen molar-refractivity contribution < 1.29 is 9.53 Å². The highest BCUT2D eigenvalue weighted by Gasteiger charge is 2.07. The molecule has 0 heterocycles. The number of hydrogen-bond acceptors (Lipinski definition) is 2. The monoisotopic (exact) mass is 273 g/mol. The summed E-state index contributed by atoms with van der Waals surface area (Å²) in [7, 11) is 1.67. The Labute approximate surface area is 121 Å². The minimum atomic E-state index is 0.00498. The van der Waals surface area contributed by atoms with Gasteiger partial charge in [-0.15, -0.1) is 0 Å². The molecule has 108 valence electrons. The Morgan fingerprint density at radius 3 is 2.70 bits per heavy atom. The van der Waals surface area contributed by atoms with Crippen molar-refractivity contribution in [2.24, 2.45) is 0 Å². The smallest absolute Gasteiger partial charge is 0.251 e. The third-order valence-electron chi connectivity index (χ3n) is 3.64. The molecule has 3 nitrogen and oxygen atoms in total. The van der Waals surface area contributed by atoms with Crippen molar-refractivity contribution in [3.63, 3.8) is 0 Å². The lowest BCUT2D eigenvalue weighted by molar-refractivity contribution is 0.0954. The highest BCUT2D eigenvalue weighted by atomic mass is 16.5. The Hall–Kier alpha value is -1.61. The number of allylic oxidation sites excluding steroid dienone is 1. The fourth-order valence-corrected chi connectivity index (χ4v) is 2.49. The van der Waals surface area contributed by atoms with E-state index in [1.54, 1.807) is 7.11 Å². The first kappa shape index (κ1) is 14.8. The molecule has 0 unspecified atom stereocenters. The standard InChI is InChI=1S/C17H23NO2/c1-20-13-15-7-9-16(10-8-15)17(19)18-12-11-14-5-3-2-4-6-14/h5,7-10H,2-4,6,11-13H2,1H3,(H,18,19). The number of hydrogen-bond donors (Lipinski definition) is 1. The molecule has 1 aromatic carbocycles. The molecule has 1 aliphatic rings. The predicted molar refractivity (Wildman–Crippen MR) is 80.7 cm³/mol. The second-order valence-corrected chi connectivity index (χ2v) is 5.24. The maximum Gasteiger partial charge on any atom is 0.251 e. The third kappa shape index (κ3) is 4.49. The molecule has 1 N–H and O–H groups in total. The average molecular weight is 273 g/mol. The van der Waals surface area contributed by atoms with Crippen molar-refractivity contribution in [1.29, 1.82) is 0 Å². The van der Waals surface area contributed by atoms with E-state index in [0.29, 0.717) is 12.2 Å². The zero-order valence-corrected chi connectivity index (χ0v) is 12.2. The summed E-state index contributed by atoms with van der Waals surface area (Å²) in [6.45, 7) is 1.31. The lowest BCUT2D eigenvalue weighted by Crippen LogP contribution is -2.24. The lowest BCUT2D eigenvalue weighted by atomic mass is 9.97. The van der Waals surface area contributed by atoms with Gasteiger partial charge in [-0.25, -0.2) is 0 Å². The Morgan fingerprint density at radius 2 is 2.05 bits per heavy atom. The van der Waals surface area contributed by atoms with E-state index in [9.17, 15) is 4.79 Å². The summed E-state index contributed by atoms with van der Waals surface area (Å²) in [5.41, 5.74) is 3.28. The highest BCUT2D eigenvalue weighted by molar-refractivity contribution is 5.94. The normalized spacial score (nSPS) is 14.8. The Kier molecular flexibility index (Phi) is 5.81. The minimum absolute atomic E-state index is 0.00498. The molecule has 0 atom stereocenters. The van der Waals surface area contributed by atoms with Gasteiger partial charge in [0.05, 0.1) is 6.61 Å². The van der Waals surface area contributed by atoms with Gasteiger partial charge in [0.15, 0.2) is 0 Å². The molecule has 0 aromatic heterocycles. The molecule has 1 amide bonds. The lowest BCUT2D eigenvalue weighted by Gasteiger charge is -2.13. The Balaban J connectivity index is 1.77. The molecule has 0 saturated carbocycles. The molecule has 3 heteroatoms. The number of carbonyl (C=O) groups excluding carboxylic acids is 1. The molecular weight excluding hydrogens is 250 g/mol. The van der Waals surface area contributed by atoms with Crippen LogP contribution in [0.1, 0.15) is 48.0 Å². The van der Waals surface area contributed by atoms with Crippen LogP contribution in [0.25, 0.3) is 0 Å². The van der Waals surface area contributed by atoms with E-state index in [-0.39, 0.29) is 5.91 Å². The SMILES string of the molecule is COCc1ccc(C(=O)NCCC2=CCCCC2)cc1. The zero-order chi connectivity index (χ0) is 14.2. The second-order valence-electron chi connectivity index (χ2n) is 5.24. The van der Waals surface area contributed by atoms with Gasteiger partial charge in [-0.2, -0.15) is 0 Å². The van der Waals surface area contributed by atoms with Gasteiger partial charge in [0.2, 0.25) is 0 Å². The quantitative estimate of drug-likeness (QED) is 0.806. The van der Waals surface area contributed by atoms with Crippen LogP contribution in [0.15, 0.2) is 35.9 Å². The van der Waals surface area contributed by atoms with Crippen LogP contribution < -0.4 is 5.32 Å². The summed E-state index contributed by atoms with van der Waals surface area (Å²) in [5, 5.41) is 2.99. The summed E-state index contributed by atoms with van der Waals surface area (Å²) in [6, 6.07) is 7.57. The fourth-order valence-electron chi connectivity index (χ4n) is 2.49. The summed E-state index contributed by atoms with van der Waals surface area (Å²) in [6.07, 6.45) is 8.30. The first-order chi connectivity index (χ1) is 9.79. The van der Waals surface area contributed by atoms with Gasteiger partial charge < -0.3 is 10.1 Å². The number of rotatable bonds is 6. The van der Waals surface area contributed by atoms with Crippen LogP contribution >= 0.6 is 0 Å². The number of nitrogens with one attached hydrogen (secondary N) is 1. The molecule has 2 rings (SSSR count). The van der Waals surface area contributed by atoms with Gasteiger partial charge in [-0.05, 0) is 49.8 Å². The molecule has 0 fully saturated rings. The maximum absolute atomic E-state index is 12.0. The number of methoxy groups -OCH3 is 1. The molecular formula is C17H23NO2. The van der Waals surface area contributed by atoms with Crippen molar-refractivity contribution in [2.75, 3.05) is 13.7 Å². The number of carbonyl (C=O) groups is 1. The van der Waals surface area contributed by atoms with Gasteiger partial charge in [-0.1, -0.05) is 23.8 Å². The van der Waals surface area contributed by atoms with Crippen LogP contribution in [0.3, 0.4) is 0 Å². The van der Waals surface area contributed by atoms with Crippen LogP contribution in [-0.4, -0.2) is 19.6 Å². The van der Waals surface area contributed by atoms with E-state index >= 15 is 0 Å². The van der Waals surface area contributed by atoms with E-state index in [1.165, 1.54) is 31.3 Å². The maximum atomic E-state index is 12.0. The van der Waals surface area contributed by atoms with Crippen molar-refractivity contribution in [3.05, 3.63) is 47.0 Å². The summed E-state index contributed by atoms with van der Waals surface area (Å²) in [4.78, 5) is 12.0. The van der Waals surface area contributed by atoms with E-state index in [2.05, 4.69) is 11.4 Å². The summed E-state index contributed by atoms with van der Waals surface area (Å²) in [5.74, 6) is 0.00498. The predicted octanol–water partition coefficient (Wildman–Crippen LogP) is 3.45. The first-order valence-electron chi connectivity index (χ1n) is 7.33. The van der Waals surface area contributed by atoms with Crippen LogP contribution in [0.4, 0.5) is 0 Å². The molecule has 0 spiro atoms. The van der Waals surface area contributed by atoms with E-state index in [1.807, 2.05) is 24.3 Å². The van der Waals surface area contributed by atoms with Crippen LogP contribution in [0.5, 0.6) is 0 Å². The van der Waals surface area contributed by atoms with Crippen molar-refractivity contribution >= 4 is 5.91 Å². The highest BCUT2D eigenvalue weighted by Crippen LogP contribution is 2.19. The molecule has 0 aliphatic heterocycles. The van der Waals surface area contributed by atoms with Crippen molar-refractivity contribution in [3.8, 4) is 0 Å². The second kappa shape index (κ2) is 7.85. The number of amides is 1. The fraction of sp³-hybridized carbons (Fsp3) is 0.471. The molecule has 20 heavy (non-hydrogen) atoms. The first-order valence-corrected chi connectivity index (χ1v) is 7.33. The van der Waals surface area contributed by atoms with Crippen molar-refractivity contribution in [2.45, 2.75) is 38.7 Å². The van der Waals surface area contributed by atoms with E-state index < -0.39 is 0 Å². The average Bonchev–Trinajstić information content (AvgIpc) is 2.49. The molecule has 0 radical (unpaired) electrons. The summed E-state index contributed by atoms with van der Waals surface area (Å²) >= 11 is 0. The van der Waals surface area contributed by atoms with E-state index in [0.717, 1.165) is 18.5 Å². The van der Waals surface area contributed by atoms with Crippen LogP contribution in [0, 0.1) is 0 Å². The Morgan fingerprint density at radius 1 is 1.25 bits per heavy atom. The molecule has 1 aromatic rings. The van der Waals surface area contributed by atoms with Gasteiger partial charge in [0, 0.05) is 19.2 Å². The third-order valence-corrected chi connectivity index (χ3v) is 3.64. The molecule has 1 aliphatic carbocycles. The molecule has 0 bridgehead atoms. The van der Waals surface area contributed by atoms with Gasteiger partial charge >= 0.3 is 0 Å². The van der Waals surface area contributed by atoms with Crippen molar-refractivity contribution in [1.82, 2.24) is 5.32 Å². The van der Waals surface area contributed by atoms with Gasteiger partial charge in [0.1, 0.15) is 0 Å². The topological polar surface area (TPSA) is 38.3 Å². The van der Waals surface area contributed by atoms with E-state index in [4.69, 9.17) is 4.74 Å². The molecule has 0 saturated heterocycles. The number of benzene rings is 1. The number of ether oxygens (including phenoxy) is 1. The Bertz CT molecular complexity index is 462. The zero-order valence-electron chi connectivity index (χ0n) is 12.2.